The van der Waals surface area contributed by atoms with E-state index < -0.39 is 8.56 Å². The van der Waals surface area contributed by atoms with Crippen molar-refractivity contribution in [3.05, 3.63) is 0 Å². The van der Waals surface area contributed by atoms with Crippen LogP contribution in [0.5, 0.6) is 0 Å². The van der Waals surface area contributed by atoms with Crippen molar-refractivity contribution in [3.8, 4) is 0 Å². The van der Waals surface area contributed by atoms with Gasteiger partial charge < -0.3 is 8.85 Å². The van der Waals surface area contributed by atoms with Crippen molar-refractivity contribution in [1.29, 1.82) is 0 Å². The third-order valence-corrected chi connectivity index (χ3v) is 9.28. The van der Waals surface area contributed by atoms with Crippen LogP contribution >= 0.6 is 0 Å². The zero-order valence-corrected chi connectivity index (χ0v) is 14.0. The van der Waals surface area contributed by atoms with E-state index in [0.29, 0.717) is 0 Å². The van der Waals surface area contributed by atoms with Crippen LogP contribution in [0.25, 0.3) is 0 Å². The Morgan fingerprint density at radius 2 is 1.05 bits per heavy atom. The van der Waals surface area contributed by atoms with Gasteiger partial charge in [-0.2, -0.15) is 0 Å². The van der Waals surface area contributed by atoms with Gasteiger partial charge in [0.2, 0.25) is 0 Å². The van der Waals surface area contributed by atoms with E-state index in [1.165, 1.54) is 76.3 Å². The highest BCUT2D eigenvalue weighted by molar-refractivity contribution is 6.67. The van der Waals surface area contributed by atoms with Crippen LogP contribution < -0.4 is 0 Å². The Hall–Kier alpha value is 0.137. The molecule has 0 heterocycles. The molecule has 2 aliphatic rings. The van der Waals surface area contributed by atoms with Crippen LogP contribution in [-0.4, -0.2) is 22.8 Å². The summed E-state index contributed by atoms with van der Waals surface area (Å²) in [6, 6.07) is 2.49. The van der Waals surface area contributed by atoms with E-state index in [-0.39, 0.29) is 0 Å². The van der Waals surface area contributed by atoms with Crippen LogP contribution in [0.2, 0.25) is 12.1 Å². The zero-order valence-electron chi connectivity index (χ0n) is 13.0. The maximum absolute atomic E-state index is 6.01. The lowest BCUT2D eigenvalue weighted by atomic mass is 9.90. The minimum Gasteiger partial charge on any atom is -0.398 e. The van der Waals surface area contributed by atoms with E-state index in [9.17, 15) is 0 Å². The summed E-state index contributed by atoms with van der Waals surface area (Å²) >= 11 is 0. The molecule has 0 saturated heterocycles. The van der Waals surface area contributed by atoms with Crippen molar-refractivity contribution in [3.63, 3.8) is 0 Å². The Morgan fingerprint density at radius 1 is 0.684 bits per heavy atom. The molecule has 0 amide bonds. The van der Waals surface area contributed by atoms with Gasteiger partial charge in [0, 0.05) is 14.2 Å². The lowest BCUT2D eigenvalue weighted by Crippen LogP contribution is -2.44. The standard InChI is InChI=1S/C16H32O2Si/c1-17-19(18-2,13-15-9-5-3-6-10-15)14-16-11-7-4-8-12-16/h15-16H,3-14H2,1-2H3. The minimum atomic E-state index is -1.92. The fraction of sp³-hybridized carbons (Fsp3) is 1.00. The molecule has 0 unspecified atom stereocenters. The summed E-state index contributed by atoms with van der Waals surface area (Å²) in [5, 5.41) is 0. The Kier molecular flexibility index (Phi) is 6.37. The lowest BCUT2D eigenvalue weighted by molar-refractivity contribution is 0.212. The second-order valence-corrected chi connectivity index (χ2v) is 10.2. The fourth-order valence-electron chi connectivity index (χ4n) is 4.16. The molecule has 2 nitrogen and oxygen atoms in total. The Morgan fingerprint density at radius 3 is 1.37 bits per heavy atom. The topological polar surface area (TPSA) is 18.5 Å². The fourth-order valence-corrected chi connectivity index (χ4v) is 7.74. The van der Waals surface area contributed by atoms with Gasteiger partial charge in [0.05, 0.1) is 0 Å². The SMILES string of the molecule is CO[Si](CC1CCCCC1)(CC1CCCCC1)OC. The lowest BCUT2D eigenvalue weighted by Gasteiger charge is -2.36. The van der Waals surface area contributed by atoms with Crippen LogP contribution in [-0.2, 0) is 8.85 Å². The van der Waals surface area contributed by atoms with E-state index in [4.69, 9.17) is 8.85 Å². The normalized spacial score (nSPS) is 23.7. The summed E-state index contributed by atoms with van der Waals surface area (Å²) in [6.45, 7) is 0. The molecule has 0 aromatic carbocycles. The zero-order chi connectivity index (χ0) is 13.6. The molecule has 0 N–H and O–H groups in total. The average Bonchev–Trinajstić information content (AvgIpc) is 2.48. The number of hydrogen-bond donors (Lipinski definition) is 0. The van der Waals surface area contributed by atoms with Gasteiger partial charge in [-0.3, -0.25) is 0 Å². The third-order valence-electron chi connectivity index (χ3n) is 5.39. The first kappa shape index (κ1) is 15.5. The summed E-state index contributed by atoms with van der Waals surface area (Å²) in [6.07, 6.45) is 14.2. The smallest absolute Gasteiger partial charge is 0.338 e. The summed E-state index contributed by atoms with van der Waals surface area (Å²) in [5.74, 6) is 1.76. The minimum absolute atomic E-state index is 0.879. The highest BCUT2D eigenvalue weighted by atomic mass is 28.4. The second kappa shape index (κ2) is 7.80. The first-order chi connectivity index (χ1) is 9.28. The molecule has 0 spiro atoms. The van der Waals surface area contributed by atoms with Crippen molar-refractivity contribution in [2.75, 3.05) is 14.2 Å². The average molecular weight is 285 g/mol. The van der Waals surface area contributed by atoms with Gasteiger partial charge in [-0.05, 0) is 23.9 Å². The molecular formula is C16H32O2Si. The first-order valence-electron chi connectivity index (χ1n) is 8.38. The molecule has 2 saturated carbocycles. The van der Waals surface area contributed by atoms with Gasteiger partial charge >= 0.3 is 8.56 Å². The summed E-state index contributed by atoms with van der Waals surface area (Å²) in [5.41, 5.74) is 0. The third kappa shape index (κ3) is 4.57. The molecule has 0 bridgehead atoms. The van der Waals surface area contributed by atoms with Gasteiger partial charge in [0.1, 0.15) is 0 Å². The predicted molar refractivity (Wildman–Crippen MR) is 82.5 cm³/mol. The van der Waals surface area contributed by atoms with Gasteiger partial charge in [0.15, 0.2) is 0 Å². The number of hydrogen-bond acceptors (Lipinski definition) is 2. The van der Waals surface area contributed by atoms with Gasteiger partial charge in [-0.15, -0.1) is 0 Å². The number of rotatable bonds is 6. The molecule has 0 aromatic rings. The second-order valence-electron chi connectivity index (χ2n) is 6.74. The molecule has 19 heavy (non-hydrogen) atoms. The van der Waals surface area contributed by atoms with Crippen LogP contribution in [0, 0.1) is 11.8 Å². The van der Waals surface area contributed by atoms with Crippen molar-refractivity contribution in [2.45, 2.75) is 76.3 Å². The van der Waals surface area contributed by atoms with E-state index in [0.717, 1.165) is 11.8 Å². The van der Waals surface area contributed by atoms with Crippen LogP contribution in [0.1, 0.15) is 64.2 Å². The molecule has 0 aliphatic heterocycles. The maximum Gasteiger partial charge on any atom is 0.338 e. The van der Waals surface area contributed by atoms with Gasteiger partial charge in [0.25, 0.3) is 0 Å². The molecule has 3 heteroatoms. The van der Waals surface area contributed by atoms with Crippen molar-refractivity contribution in [1.82, 2.24) is 0 Å². The quantitative estimate of drug-likeness (QED) is 0.647. The molecule has 2 fully saturated rings. The predicted octanol–water partition coefficient (Wildman–Crippen LogP) is 4.88. The van der Waals surface area contributed by atoms with Crippen molar-refractivity contribution in [2.24, 2.45) is 11.8 Å². The molecule has 0 atom stereocenters. The molecule has 2 rings (SSSR count). The van der Waals surface area contributed by atoms with E-state index in [1.54, 1.807) is 0 Å². The summed E-state index contributed by atoms with van der Waals surface area (Å²) < 4.78 is 12.0. The molecule has 112 valence electrons. The van der Waals surface area contributed by atoms with E-state index >= 15 is 0 Å². The van der Waals surface area contributed by atoms with Crippen LogP contribution in [0.15, 0.2) is 0 Å². The molecular weight excluding hydrogens is 252 g/mol. The van der Waals surface area contributed by atoms with E-state index in [1.807, 2.05) is 14.2 Å². The highest BCUT2D eigenvalue weighted by Gasteiger charge is 2.40. The maximum atomic E-state index is 6.01. The van der Waals surface area contributed by atoms with E-state index in [2.05, 4.69) is 0 Å². The van der Waals surface area contributed by atoms with Crippen molar-refractivity contribution >= 4 is 8.56 Å². The monoisotopic (exact) mass is 284 g/mol. The molecule has 0 aromatic heterocycles. The van der Waals surface area contributed by atoms with Crippen LogP contribution in [0.3, 0.4) is 0 Å². The Balaban J connectivity index is 1.90. The van der Waals surface area contributed by atoms with Crippen molar-refractivity contribution < 1.29 is 8.85 Å². The largest absolute Gasteiger partial charge is 0.398 e. The summed E-state index contributed by atoms with van der Waals surface area (Å²) in [7, 11) is 1.89. The Labute approximate surface area is 120 Å². The summed E-state index contributed by atoms with van der Waals surface area (Å²) in [4.78, 5) is 0. The van der Waals surface area contributed by atoms with Gasteiger partial charge in [-0.25, -0.2) is 0 Å². The Bertz CT molecular complexity index is 219. The molecule has 2 aliphatic carbocycles. The molecule has 0 radical (unpaired) electrons. The van der Waals surface area contributed by atoms with Gasteiger partial charge in [-0.1, -0.05) is 64.2 Å². The first-order valence-corrected chi connectivity index (χ1v) is 10.6. The van der Waals surface area contributed by atoms with Crippen LogP contribution in [0.4, 0.5) is 0 Å². The highest BCUT2D eigenvalue weighted by Crippen LogP contribution is 2.37.